The Bertz CT molecular complexity index is 528. The highest BCUT2D eigenvalue weighted by atomic mass is 16.5. The summed E-state index contributed by atoms with van der Waals surface area (Å²) in [7, 11) is 0. The van der Waals surface area contributed by atoms with E-state index in [2.05, 4.69) is 15.0 Å². The molecular weight excluding hydrogens is 296 g/mol. The summed E-state index contributed by atoms with van der Waals surface area (Å²) in [6.45, 7) is 10.3. The van der Waals surface area contributed by atoms with Gasteiger partial charge < -0.3 is 14.6 Å². The highest BCUT2D eigenvalue weighted by molar-refractivity contribution is 5.31. The Morgan fingerprint density at radius 1 is 0.957 bits per heavy atom. The molecule has 23 heavy (non-hydrogen) atoms. The van der Waals surface area contributed by atoms with E-state index in [1.165, 1.54) is 0 Å². The molecule has 1 unspecified atom stereocenters. The smallest absolute Gasteiger partial charge is 0.338 e. The number of rotatable bonds is 5. The standard InChI is InChI=1S/C16H27N4O3/c1-10(2)22-15-17-14(18-16(19-15)23-11(3)4)20-7-5-12(6-8-20)13(21)9-20/h10-13,21H,5-9H2,1-4H3/q+1. The van der Waals surface area contributed by atoms with Crippen molar-refractivity contribution in [3.8, 4) is 12.0 Å². The summed E-state index contributed by atoms with van der Waals surface area (Å²) in [5, 5.41) is 10.3. The first-order valence-electron chi connectivity index (χ1n) is 8.52. The van der Waals surface area contributed by atoms with E-state index in [1.807, 2.05) is 27.7 Å². The number of ether oxygens (including phenoxy) is 2. The Morgan fingerprint density at radius 2 is 1.48 bits per heavy atom. The van der Waals surface area contributed by atoms with E-state index in [-0.39, 0.29) is 18.3 Å². The number of aromatic nitrogens is 3. The number of hydrogen-bond donors (Lipinski definition) is 1. The molecule has 1 atom stereocenters. The summed E-state index contributed by atoms with van der Waals surface area (Å²) in [5.41, 5.74) is 0. The fraction of sp³-hybridized carbons (Fsp3) is 0.812. The quantitative estimate of drug-likeness (QED) is 0.828. The van der Waals surface area contributed by atoms with Crippen LogP contribution in [-0.2, 0) is 0 Å². The molecule has 3 saturated heterocycles. The second-order valence-corrected chi connectivity index (χ2v) is 7.21. The van der Waals surface area contributed by atoms with Crippen LogP contribution in [0.2, 0.25) is 0 Å². The van der Waals surface area contributed by atoms with Crippen LogP contribution < -0.4 is 14.0 Å². The van der Waals surface area contributed by atoms with Crippen molar-refractivity contribution in [2.75, 3.05) is 19.6 Å². The molecule has 3 fully saturated rings. The molecule has 7 nitrogen and oxygen atoms in total. The van der Waals surface area contributed by atoms with Gasteiger partial charge in [0.1, 0.15) is 12.6 Å². The Kier molecular flexibility index (Phi) is 4.42. The van der Waals surface area contributed by atoms with Crippen molar-refractivity contribution in [2.24, 2.45) is 5.92 Å². The summed E-state index contributed by atoms with van der Waals surface area (Å²) < 4.78 is 12.0. The van der Waals surface area contributed by atoms with Gasteiger partial charge in [-0.1, -0.05) is 0 Å². The highest BCUT2D eigenvalue weighted by Crippen LogP contribution is 2.37. The second kappa shape index (κ2) is 6.20. The number of hydrogen-bond acceptors (Lipinski definition) is 6. The summed E-state index contributed by atoms with van der Waals surface area (Å²) in [4.78, 5) is 13.4. The normalized spacial score (nSPS) is 30.0. The van der Waals surface area contributed by atoms with Gasteiger partial charge in [-0.3, -0.25) is 4.48 Å². The maximum absolute atomic E-state index is 10.3. The molecule has 4 rings (SSSR count). The van der Waals surface area contributed by atoms with Gasteiger partial charge in [0, 0.05) is 18.8 Å². The lowest BCUT2D eigenvalue weighted by molar-refractivity contribution is -0.0228. The fourth-order valence-corrected chi connectivity index (χ4v) is 3.51. The average molecular weight is 323 g/mol. The van der Waals surface area contributed by atoms with Crippen LogP contribution in [0.3, 0.4) is 0 Å². The van der Waals surface area contributed by atoms with E-state index < -0.39 is 0 Å². The molecule has 128 valence electrons. The first-order valence-corrected chi connectivity index (χ1v) is 8.52. The third-order valence-corrected chi connectivity index (χ3v) is 4.63. The molecule has 4 heterocycles. The first kappa shape index (κ1) is 16.4. The third kappa shape index (κ3) is 3.40. The molecule has 0 aromatic carbocycles. The highest BCUT2D eigenvalue weighted by Gasteiger charge is 2.49. The monoisotopic (exact) mass is 323 g/mol. The SMILES string of the molecule is CC(C)Oc1nc(OC(C)C)nc([N+]23CCC(CC2)C(O)C3)n1. The largest absolute Gasteiger partial charge is 0.460 e. The van der Waals surface area contributed by atoms with E-state index in [1.54, 1.807) is 0 Å². The minimum absolute atomic E-state index is 0.0187. The molecule has 0 spiro atoms. The van der Waals surface area contributed by atoms with Crippen LogP contribution in [0.15, 0.2) is 0 Å². The first-order chi connectivity index (χ1) is 10.9. The molecule has 0 amide bonds. The number of piperidine rings is 3. The maximum Gasteiger partial charge on any atom is 0.338 e. The van der Waals surface area contributed by atoms with Crippen LogP contribution in [0.4, 0.5) is 5.95 Å². The van der Waals surface area contributed by atoms with Crippen LogP contribution in [0.25, 0.3) is 0 Å². The van der Waals surface area contributed by atoms with Gasteiger partial charge in [0.05, 0.1) is 25.3 Å². The van der Waals surface area contributed by atoms with Crippen LogP contribution in [0, 0.1) is 5.92 Å². The molecular formula is C16H27N4O3+. The van der Waals surface area contributed by atoms with Crippen molar-refractivity contribution < 1.29 is 14.6 Å². The number of aliphatic hydroxyl groups excluding tert-OH is 1. The lowest BCUT2D eigenvalue weighted by Crippen LogP contribution is -2.65. The molecule has 1 aromatic rings. The van der Waals surface area contributed by atoms with Gasteiger partial charge >= 0.3 is 18.0 Å². The molecule has 2 bridgehead atoms. The van der Waals surface area contributed by atoms with Crippen LogP contribution >= 0.6 is 0 Å². The minimum atomic E-state index is -0.279. The lowest BCUT2D eigenvalue weighted by atomic mass is 9.84. The van der Waals surface area contributed by atoms with E-state index >= 15 is 0 Å². The third-order valence-electron chi connectivity index (χ3n) is 4.63. The summed E-state index contributed by atoms with van der Waals surface area (Å²) in [6, 6.07) is 0.602. The Morgan fingerprint density at radius 3 is 1.91 bits per heavy atom. The van der Waals surface area contributed by atoms with Crippen molar-refractivity contribution in [3.63, 3.8) is 0 Å². The Labute approximate surface area is 137 Å². The van der Waals surface area contributed by atoms with E-state index in [0.29, 0.717) is 34.9 Å². The zero-order chi connectivity index (χ0) is 16.6. The molecule has 0 radical (unpaired) electrons. The van der Waals surface area contributed by atoms with E-state index in [9.17, 15) is 5.11 Å². The second-order valence-electron chi connectivity index (χ2n) is 7.21. The van der Waals surface area contributed by atoms with Gasteiger partial charge in [0.15, 0.2) is 0 Å². The average Bonchev–Trinajstić information content (AvgIpc) is 2.46. The number of aliphatic hydroxyl groups is 1. The lowest BCUT2D eigenvalue weighted by Gasteiger charge is -2.48. The van der Waals surface area contributed by atoms with Crippen molar-refractivity contribution in [1.29, 1.82) is 0 Å². The Balaban J connectivity index is 1.96. The molecule has 0 aliphatic carbocycles. The fourth-order valence-electron chi connectivity index (χ4n) is 3.51. The number of quaternary nitrogens is 1. The van der Waals surface area contributed by atoms with Gasteiger partial charge in [-0.2, -0.15) is 0 Å². The topological polar surface area (TPSA) is 77.4 Å². The van der Waals surface area contributed by atoms with Crippen molar-refractivity contribution in [2.45, 2.75) is 58.8 Å². The Hall–Kier alpha value is -1.47. The van der Waals surface area contributed by atoms with Gasteiger partial charge in [-0.05, 0) is 27.7 Å². The van der Waals surface area contributed by atoms with Crippen LogP contribution in [0.1, 0.15) is 40.5 Å². The van der Waals surface area contributed by atoms with Gasteiger partial charge in [0.25, 0.3) is 0 Å². The predicted molar refractivity (Wildman–Crippen MR) is 86.5 cm³/mol. The zero-order valence-corrected chi connectivity index (χ0v) is 14.4. The van der Waals surface area contributed by atoms with Crippen LogP contribution in [-0.4, -0.2) is 58.0 Å². The number of nitrogens with zero attached hydrogens (tertiary/aromatic N) is 4. The molecule has 3 aliphatic rings. The molecule has 1 aromatic heterocycles. The summed E-state index contributed by atoms with van der Waals surface area (Å²) in [5.74, 6) is 1.08. The minimum Gasteiger partial charge on any atom is -0.460 e. The zero-order valence-electron chi connectivity index (χ0n) is 14.4. The van der Waals surface area contributed by atoms with Crippen molar-refractivity contribution >= 4 is 5.95 Å². The molecule has 0 saturated carbocycles. The van der Waals surface area contributed by atoms with Crippen molar-refractivity contribution in [3.05, 3.63) is 0 Å². The van der Waals surface area contributed by atoms with Crippen LogP contribution in [0.5, 0.6) is 12.0 Å². The summed E-state index contributed by atoms with van der Waals surface area (Å²) in [6.07, 6.45) is 1.70. The number of fused-ring (bicyclic) bond motifs is 3. The van der Waals surface area contributed by atoms with E-state index in [4.69, 9.17) is 9.47 Å². The molecule has 1 N–H and O–H groups in total. The van der Waals surface area contributed by atoms with E-state index in [0.717, 1.165) is 25.9 Å². The molecule has 3 aliphatic heterocycles. The summed E-state index contributed by atoms with van der Waals surface area (Å²) >= 11 is 0. The van der Waals surface area contributed by atoms with Crippen molar-refractivity contribution in [1.82, 2.24) is 19.4 Å². The van der Waals surface area contributed by atoms with Gasteiger partial charge in [0.2, 0.25) is 0 Å². The van der Waals surface area contributed by atoms with Gasteiger partial charge in [-0.15, -0.1) is 15.0 Å². The predicted octanol–water partition coefficient (Wildman–Crippen LogP) is 1.54. The maximum atomic E-state index is 10.3. The van der Waals surface area contributed by atoms with Gasteiger partial charge in [-0.25, -0.2) is 0 Å². The molecule has 7 heteroatoms.